The fourth-order valence-corrected chi connectivity index (χ4v) is 3.03. The highest BCUT2D eigenvalue weighted by atomic mass is 16.5. The molecule has 1 unspecified atom stereocenters. The average molecular weight is 233 g/mol. The molecule has 1 aromatic rings. The molecule has 1 saturated heterocycles. The highest BCUT2D eigenvalue weighted by molar-refractivity contribution is 5.38. The van der Waals surface area contributed by atoms with Gasteiger partial charge in [0.25, 0.3) is 0 Å². The third-order valence-corrected chi connectivity index (χ3v) is 3.90. The van der Waals surface area contributed by atoms with Gasteiger partial charge in [-0.3, -0.25) is 4.90 Å². The van der Waals surface area contributed by atoms with E-state index in [2.05, 4.69) is 11.0 Å². The van der Waals surface area contributed by atoms with E-state index < -0.39 is 0 Å². The normalized spacial score (nSPS) is 25.5. The summed E-state index contributed by atoms with van der Waals surface area (Å²) in [6.07, 6.45) is 3.60. The van der Waals surface area contributed by atoms with Crippen LogP contribution in [0.25, 0.3) is 0 Å². The van der Waals surface area contributed by atoms with Crippen LogP contribution in [0.5, 0.6) is 5.75 Å². The van der Waals surface area contributed by atoms with Crippen molar-refractivity contribution in [3.63, 3.8) is 0 Å². The number of morpholine rings is 1. The molecule has 1 N–H and O–H groups in total. The molecule has 1 heterocycles. The first-order valence-corrected chi connectivity index (χ1v) is 6.48. The van der Waals surface area contributed by atoms with Crippen molar-refractivity contribution in [1.82, 2.24) is 4.90 Å². The van der Waals surface area contributed by atoms with Gasteiger partial charge < -0.3 is 9.84 Å². The van der Waals surface area contributed by atoms with E-state index in [1.807, 2.05) is 6.07 Å². The molecule has 1 atom stereocenters. The number of nitrogens with zero attached hydrogens (tertiary/aromatic N) is 1. The summed E-state index contributed by atoms with van der Waals surface area (Å²) in [6.45, 7) is 3.70. The number of phenols is 1. The van der Waals surface area contributed by atoms with E-state index in [0.29, 0.717) is 11.8 Å². The van der Waals surface area contributed by atoms with Gasteiger partial charge in [-0.25, -0.2) is 0 Å². The van der Waals surface area contributed by atoms with Crippen LogP contribution >= 0.6 is 0 Å². The summed E-state index contributed by atoms with van der Waals surface area (Å²) >= 11 is 0. The van der Waals surface area contributed by atoms with Gasteiger partial charge in [-0.1, -0.05) is 6.07 Å². The number of fused-ring (bicyclic) bond motifs is 1. The van der Waals surface area contributed by atoms with E-state index in [1.54, 1.807) is 6.07 Å². The molecule has 17 heavy (non-hydrogen) atoms. The zero-order valence-electron chi connectivity index (χ0n) is 10.1. The van der Waals surface area contributed by atoms with Gasteiger partial charge in [-0.15, -0.1) is 0 Å². The first-order chi connectivity index (χ1) is 8.34. The Labute approximate surface area is 102 Å². The van der Waals surface area contributed by atoms with Crippen molar-refractivity contribution in [1.29, 1.82) is 0 Å². The maximum atomic E-state index is 9.66. The number of hydrogen-bond acceptors (Lipinski definition) is 3. The maximum absolute atomic E-state index is 9.66. The molecule has 3 nitrogen and oxygen atoms in total. The predicted octanol–water partition coefficient (Wildman–Crippen LogP) is 2.10. The van der Waals surface area contributed by atoms with Crippen molar-refractivity contribution >= 4 is 0 Å². The van der Waals surface area contributed by atoms with Crippen LogP contribution in [-0.4, -0.2) is 36.3 Å². The number of rotatable bonds is 1. The molecular formula is C14H19NO2. The van der Waals surface area contributed by atoms with E-state index in [0.717, 1.165) is 32.7 Å². The maximum Gasteiger partial charge on any atom is 0.115 e. The molecular weight excluding hydrogens is 214 g/mol. The lowest BCUT2D eigenvalue weighted by Crippen LogP contribution is -2.40. The highest BCUT2D eigenvalue weighted by Crippen LogP contribution is 2.36. The van der Waals surface area contributed by atoms with Crippen molar-refractivity contribution in [3.05, 3.63) is 29.3 Å². The lowest BCUT2D eigenvalue weighted by atomic mass is 9.86. The minimum atomic E-state index is 0.393. The molecule has 92 valence electrons. The van der Waals surface area contributed by atoms with Crippen LogP contribution in [0, 0.1) is 0 Å². The zero-order chi connectivity index (χ0) is 11.7. The Morgan fingerprint density at radius 3 is 2.88 bits per heavy atom. The predicted molar refractivity (Wildman–Crippen MR) is 66.2 cm³/mol. The molecule has 0 spiro atoms. The van der Waals surface area contributed by atoms with Crippen molar-refractivity contribution in [2.45, 2.75) is 25.3 Å². The molecule has 2 aliphatic rings. The van der Waals surface area contributed by atoms with E-state index in [-0.39, 0.29) is 0 Å². The molecule has 0 amide bonds. The van der Waals surface area contributed by atoms with E-state index >= 15 is 0 Å². The summed E-state index contributed by atoms with van der Waals surface area (Å²) in [5, 5.41) is 9.66. The fourth-order valence-electron chi connectivity index (χ4n) is 3.03. The summed E-state index contributed by atoms with van der Waals surface area (Å²) in [5.74, 6) is 0.393. The minimum absolute atomic E-state index is 0.393. The van der Waals surface area contributed by atoms with Gasteiger partial charge in [-0.2, -0.15) is 0 Å². The van der Waals surface area contributed by atoms with Gasteiger partial charge >= 0.3 is 0 Å². The van der Waals surface area contributed by atoms with E-state index in [4.69, 9.17) is 4.74 Å². The zero-order valence-corrected chi connectivity index (χ0v) is 10.1. The number of aryl methyl sites for hydroxylation is 1. The summed E-state index contributed by atoms with van der Waals surface area (Å²) < 4.78 is 5.41. The summed E-state index contributed by atoms with van der Waals surface area (Å²) in [6, 6.07) is 6.32. The standard InChI is InChI=1S/C14H19NO2/c16-12-5-4-11-2-1-3-14(13(11)10-12)15-6-8-17-9-7-15/h4-5,10,14,16H,1-3,6-9H2. The Hall–Kier alpha value is -1.06. The molecule has 0 saturated carbocycles. The smallest absolute Gasteiger partial charge is 0.115 e. The first-order valence-electron chi connectivity index (χ1n) is 6.48. The highest BCUT2D eigenvalue weighted by Gasteiger charge is 2.27. The lowest BCUT2D eigenvalue weighted by Gasteiger charge is -2.38. The van der Waals surface area contributed by atoms with Gasteiger partial charge in [0, 0.05) is 19.1 Å². The molecule has 1 aromatic carbocycles. The second kappa shape index (κ2) is 4.67. The van der Waals surface area contributed by atoms with Crippen LogP contribution in [0.3, 0.4) is 0 Å². The van der Waals surface area contributed by atoms with Crippen molar-refractivity contribution in [3.8, 4) is 5.75 Å². The SMILES string of the molecule is Oc1ccc2c(c1)C(N1CCOCC1)CCC2. The molecule has 1 fully saturated rings. The van der Waals surface area contributed by atoms with Gasteiger partial charge in [-0.05, 0) is 42.5 Å². The number of aromatic hydroxyl groups is 1. The first kappa shape index (κ1) is 11.1. The molecule has 0 bridgehead atoms. The largest absolute Gasteiger partial charge is 0.508 e. The number of hydrogen-bond donors (Lipinski definition) is 1. The average Bonchev–Trinajstić information content (AvgIpc) is 2.39. The summed E-state index contributed by atoms with van der Waals surface area (Å²) in [7, 11) is 0. The Bertz CT molecular complexity index is 399. The van der Waals surface area contributed by atoms with Gasteiger partial charge in [0.1, 0.15) is 5.75 Å². The molecule has 3 rings (SSSR count). The molecule has 0 aromatic heterocycles. The third kappa shape index (κ3) is 2.17. The topological polar surface area (TPSA) is 32.7 Å². The Morgan fingerprint density at radius 2 is 2.06 bits per heavy atom. The van der Waals surface area contributed by atoms with Crippen LogP contribution in [0.4, 0.5) is 0 Å². The Balaban J connectivity index is 1.89. The van der Waals surface area contributed by atoms with E-state index in [9.17, 15) is 5.11 Å². The fraction of sp³-hybridized carbons (Fsp3) is 0.571. The van der Waals surface area contributed by atoms with Crippen LogP contribution in [0.15, 0.2) is 18.2 Å². The van der Waals surface area contributed by atoms with Crippen LogP contribution in [-0.2, 0) is 11.2 Å². The number of ether oxygens (including phenoxy) is 1. The van der Waals surface area contributed by atoms with Crippen molar-refractivity contribution in [2.75, 3.05) is 26.3 Å². The quantitative estimate of drug-likeness (QED) is 0.806. The van der Waals surface area contributed by atoms with Crippen molar-refractivity contribution in [2.24, 2.45) is 0 Å². The Morgan fingerprint density at radius 1 is 1.24 bits per heavy atom. The molecule has 0 radical (unpaired) electrons. The van der Waals surface area contributed by atoms with Gasteiger partial charge in [0.05, 0.1) is 13.2 Å². The summed E-state index contributed by atoms with van der Waals surface area (Å²) in [4.78, 5) is 2.50. The van der Waals surface area contributed by atoms with E-state index in [1.165, 1.54) is 24.0 Å². The molecule has 3 heteroatoms. The van der Waals surface area contributed by atoms with Crippen LogP contribution in [0.1, 0.15) is 30.0 Å². The lowest BCUT2D eigenvalue weighted by molar-refractivity contribution is 0.0124. The number of benzene rings is 1. The monoisotopic (exact) mass is 233 g/mol. The van der Waals surface area contributed by atoms with Gasteiger partial charge in [0.2, 0.25) is 0 Å². The minimum Gasteiger partial charge on any atom is -0.508 e. The summed E-state index contributed by atoms with van der Waals surface area (Å²) in [5.41, 5.74) is 2.74. The van der Waals surface area contributed by atoms with Crippen LogP contribution < -0.4 is 0 Å². The second-order valence-corrected chi connectivity index (χ2v) is 4.94. The van der Waals surface area contributed by atoms with Crippen LogP contribution in [0.2, 0.25) is 0 Å². The molecule has 1 aliphatic carbocycles. The second-order valence-electron chi connectivity index (χ2n) is 4.94. The number of phenolic OH excluding ortho intramolecular Hbond substituents is 1. The Kier molecular flexibility index (Phi) is 3.04. The van der Waals surface area contributed by atoms with Crippen molar-refractivity contribution < 1.29 is 9.84 Å². The third-order valence-electron chi connectivity index (χ3n) is 3.90. The molecule has 1 aliphatic heterocycles. The van der Waals surface area contributed by atoms with Gasteiger partial charge in [0.15, 0.2) is 0 Å².